The predicted octanol–water partition coefficient (Wildman–Crippen LogP) is 4.87. The van der Waals surface area contributed by atoms with E-state index >= 15 is 0 Å². The number of hydrogen-bond acceptors (Lipinski definition) is 9. The van der Waals surface area contributed by atoms with Crippen LogP contribution in [0.1, 0.15) is 11.5 Å². The van der Waals surface area contributed by atoms with Gasteiger partial charge in [0.05, 0.1) is 26.4 Å². The van der Waals surface area contributed by atoms with E-state index < -0.39 is 10.8 Å². The second-order valence-electron chi connectivity index (χ2n) is 5.87. The maximum atomic E-state index is 11.9. The van der Waals surface area contributed by atoms with Crippen LogP contribution >= 0.6 is 50.9 Å². The molecule has 0 aliphatic rings. The Morgan fingerprint density at radius 2 is 2.12 bits per heavy atom. The first-order chi connectivity index (χ1) is 15.3. The summed E-state index contributed by atoms with van der Waals surface area (Å²) in [6.07, 6.45) is 1.30. The van der Waals surface area contributed by atoms with Crippen molar-refractivity contribution in [2.75, 3.05) is 5.75 Å². The van der Waals surface area contributed by atoms with Crippen molar-refractivity contribution in [1.82, 2.24) is 15.6 Å². The minimum Gasteiger partial charge on any atom is -0.482 e. The van der Waals surface area contributed by atoms with E-state index in [1.807, 2.05) is 0 Å². The highest BCUT2D eigenvalue weighted by molar-refractivity contribution is 9.10. The van der Waals surface area contributed by atoms with Gasteiger partial charge in [0.2, 0.25) is 0 Å². The molecule has 0 bridgehead atoms. The van der Waals surface area contributed by atoms with Crippen LogP contribution in [0.25, 0.3) is 0 Å². The van der Waals surface area contributed by atoms with Crippen LogP contribution in [0.4, 0.5) is 5.69 Å². The molecule has 3 rings (SSSR count). The number of carbonyl (C=O) groups is 1. The molecule has 1 heterocycles. The number of nitrogens with one attached hydrogen (secondary N) is 1. The molecule has 0 unspecified atom stereocenters. The van der Waals surface area contributed by atoms with Crippen molar-refractivity contribution >= 4 is 68.7 Å². The first-order valence-electron chi connectivity index (χ1n) is 8.60. The molecule has 0 aliphatic carbocycles. The van der Waals surface area contributed by atoms with Gasteiger partial charge in [-0.2, -0.15) is 5.10 Å². The Morgan fingerprint density at radius 1 is 1.31 bits per heavy atom. The zero-order valence-electron chi connectivity index (χ0n) is 15.8. The second kappa shape index (κ2) is 11.3. The molecule has 1 aromatic heterocycles. The van der Waals surface area contributed by atoms with E-state index in [2.05, 4.69) is 36.7 Å². The summed E-state index contributed by atoms with van der Waals surface area (Å²) in [5, 5.41) is 23.4. The summed E-state index contributed by atoms with van der Waals surface area (Å²) in [4.78, 5) is 22.3. The molecule has 32 heavy (non-hydrogen) atoms. The standard InChI is InChI=1S/C18H12BrCl2N5O5S/c19-12-3-1-10(5-14(12)26(28)29)7-22-23-16(27)9-32-18-25-24-17(31-18)8-30-15-4-2-11(20)6-13(15)21/h1-7H,8-9H2,(H,23,27)/b22-7-. The molecule has 3 aromatic rings. The van der Waals surface area contributed by atoms with Crippen molar-refractivity contribution in [2.45, 2.75) is 11.8 Å². The van der Waals surface area contributed by atoms with E-state index in [1.54, 1.807) is 24.3 Å². The van der Waals surface area contributed by atoms with Crippen molar-refractivity contribution in [3.63, 3.8) is 0 Å². The molecule has 14 heteroatoms. The number of nitro groups is 1. The number of halogens is 3. The van der Waals surface area contributed by atoms with Gasteiger partial charge in [-0.25, -0.2) is 5.43 Å². The SMILES string of the molecule is O=C(CSc1nnc(COc2ccc(Cl)cc2Cl)o1)N/N=C\c1ccc(Br)c([N+](=O)[O-])c1. The summed E-state index contributed by atoms with van der Waals surface area (Å²) >= 11 is 16.0. The van der Waals surface area contributed by atoms with E-state index in [9.17, 15) is 14.9 Å². The summed E-state index contributed by atoms with van der Waals surface area (Å²) in [5.74, 6) is 0.149. The van der Waals surface area contributed by atoms with Crippen LogP contribution in [0, 0.1) is 10.1 Å². The number of nitro benzene ring substituents is 1. The average Bonchev–Trinajstić information content (AvgIpc) is 3.20. The Balaban J connectivity index is 1.45. The second-order valence-corrected chi connectivity index (χ2v) is 8.50. The number of nitrogens with zero attached hydrogens (tertiary/aromatic N) is 4. The van der Waals surface area contributed by atoms with Gasteiger partial charge in [0.1, 0.15) is 5.75 Å². The minimum absolute atomic E-state index is 0.00920. The van der Waals surface area contributed by atoms with Crippen molar-refractivity contribution in [3.05, 3.63) is 72.5 Å². The molecule has 1 amide bonds. The average molecular weight is 561 g/mol. The lowest BCUT2D eigenvalue weighted by Crippen LogP contribution is -2.19. The molecule has 0 aliphatic heterocycles. The highest BCUT2D eigenvalue weighted by Crippen LogP contribution is 2.28. The highest BCUT2D eigenvalue weighted by atomic mass is 79.9. The summed E-state index contributed by atoms with van der Waals surface area (Å²) in [6, 6.07) is 9.26. The van der Waals surface area contributed by atoms with E-state index in [0.29, 0.717) is 25.8 Å². The number of amides is 1. The third-order valence-corrected chi connectivity index (χ3v) is 5.61. The van der Waals surface area contributed by atoms with Crippen LogP contribution in [-0.2, 0) is 11.4 Å². The van der Waals surface area contributed by atoms with E-state index in [0.717, 1.165) is 11.8 Å². The van der Waals surface area contributed by atoms with Crippen LogP contribution in [0.2, 0.25) is 10.0 Å². The van der Waals surface area contributed by atoms with Gasteiger partial charge in [-0.05, 0) is 40.2 Å². The number of hydrazone groups is 1. The van der Waals surface area contributed by atoms with E-state index in [4.69, 9.17) is 32.4 Å². The summed E-state index contributed by atoms with van der Waals surface area (Å²) in [5.41, 5.74) is 2.66. The lowest BCUT2D eigenvalue weighted by atomic mass is 10.2. The molecule has 0 saturated carbocycles. The number of ether oxygens (including phenoxy) is 1. The predicted molar refractivity (Wildman–Crippen MR) is 122 cm³/mol. The van der Waals surface area contributed by atoms with E-state index in [-0.39, 0.29) is 29.2 Å². The molecule has 0 saturated heterocycles. The quantitative estimate of drug-likeness (QED) is 0.170. The van der Waals surface area contributed by atoms with E-state index in [1.165, 1.54) is 18.3 Å². The number of aromatic nitrogens is 2. The first kappa shape index (κ1) is 24.0. The zero-order chi connectivity index (χ0) is 23.1. The Morgan fingerprint density at radius 3 is 2.88 bits per heavy atom. The maximum absolute atomic E-state index is 11.9. The number of thioether (sulfide) groups is 1. The lowest BCUT2D eigenvalue weighted by molar-refractivity contribution is -0.385. The third kappa shape index (κ3) is 6.92. The van der Waals surface area contributed by atoms with Gasteiger partial charge >= 0.3 is 0 Å². The molecular weight excluding hydrogens is 549 g/mol. The number of carbonyl (C=O) groups excluding carboxylic acids is 1. The third-order valence-electron chi connectivity index (χ3n) is 3.59. The zero-order valence-corrected chi connectivity index (χ0v) is 19.7. The monoisotopic (exact) mass is 559 g/mol. The number of rotatable bonds is 9. The van der Waals surface area contributed by atoms with Gasteiger partial charge in [-0.3, -0.25) is 14.9 Å². The van der Waals surface area contributed by atoms with Crippen LogP contribution in [-0.4, -0.2) is 33.0 Å². The fourth-order valence-electron chi connectivity index (χ4n) is 2.17. The van der Waals surface area contributed by atoms with Crippen LogP contribution < -0.4 is 10.2 Å². The first-order valence-corrected chi connectivity index (χ1v) is 11.1. The summed E-state index contributed by atoms with van der Waals surface area (Å²) in [7, 11) is 0. The Kier molecular flexibility index (Phi) is 8.45. The van der Waals surface area contributed by atoms with Gasteiger partial charge < -0.3 is 9.15 Å². The molecular formula is C18H12BrCl2N5O5S. The molecule has 0 radical (unpaired) electrons. The van der Waals surface area contributed by atoms with Crippen LogP contribution in [0.15, 0.2) is 55.6 Å². The van der Waals surface area contributed by atoms with Gasteiger partial charge in [0.15, 0.2) is 6.61 Å². The van der Waals surface area contributed by atoms with Crippen molar-refractivity contribution < 1.29 is 18.9 Å². The van der Waals surface area contributed by atoms with Crippen molar-refractivity contribution in [3.8, 4) is 5.75 Å². The molecule has 2 aromatic carbocycles. The number of hydrogen-bond donors (Lipinski definition) is 1. The van der Waals surface area contributed by atoms with Gasteiger partial charge in [-0.1, -0.05) is 41.0 Å². The summed E-state index contributed by atoms with van der Waals surface area (Å²) < 4.78 is 11.3. The normalized spacial score (nSPS) is 11.0. The van der Waals surface area contributed by atoms with Gasteiger partial charge in [-0.15, -0.1) is 10.2 Å². The Hall–Kier alpha value is -2.67. The fourth-order valence-corrected chi connectivity index (χ4v) is 3.60. The van der Waals surface area contributed by atoms with Gasteiger partial charge in [0.25, 0.3) is 22.7 Å². The van der Waals surface area contributed by atoms with Gasteiger partial charge in [0, 0.05) is 16.7 Å². The minimum atomic E-state index is -0.523. The topological polar surface area (TPSA) is 133 Å². The molecule has 1 N–H and O–H groups in total. The van der Waals surface area contributed by atoms with Crippen molar-refractivity contribution in [2.24, 2.45) is 5.10 Å². The van der Waals surface area contributed by atoms with Crippen LogP contribution in [0.5, 0.6) is 5.75 Å². The van der Waals surface area contributed by atoms with Crippen LogP contribution in [0.3, 0.4) is 0 Å². The Bertz CT molecular complexity index is 1180. The van der Waals surface area contributed by atoms with Crippen molar-refractivity contribution in [1.29, 1.82) is 0 Å². The maximum Gasteiger partial charge on any atom is 0.284 e. The molecule has 0 spiro atoms. The lowest BCUT2D eigenvalue weighted by Gasteiger charge is -2.05. The summed E-state index contributed by atoms with van der Waals surface area (Å²) in [6.45, 7) is -0.00920. The number of benzene rings is 2. The smallest absolute Gasteiger partial charge is 0.284 e. The molecule has 0 fully saturated rings. The molecule has 10 nitrogen and oxygen atoms in total. The molecule has 166 valence electrons. The highest BCUT2D eigenvalue weighted by Gasteiger charge is 2.13. The molecule has 0 atom stereocenters. The fraction of sp³-hybridized carbons (Fsp3) is 0.111. The Labute approximate surface area is 203 Å². The largest absolute Gasteiger partial charge is 0.482 e.